The van der Waals surface area contributed by atoms with Gasteiger partial charge in [-0.2, -0.15) is 23.5 Å². The van der Waals surface area contributed by atoms with Crippen LogP contribution in [0.4, 0.5) is 0 Å². The fraction of sp³-hybridized carbons (Fsp3) is 0.594. The third kappa shape index (κ3) is 29.8. The van der Waals surface area contributed by atoms with Gasteiger partial charge in [-0.05, 0) is 87.6 Å². The Kier molecular flexibility index (Phi) is 34.7. The standard InChI is InChI=1S/C64H97N17O16S2/c1-81(24-26-97-27-25-81)23-8-6-12-43-36-98-37-48(74-57(89)35-71-56(88)34-70-55(87)32-66)62(94)79-47(29-40-15-17-42(82)18-16-40)61(93)78-46(28-39-10-3-2-4-11-39)60(92)76-45(19-20-51(67)83)59(91)73-41(30-52(68)84)31-54(86)75-49(38-99-43)64(96)80-22-9-14-50(80)63(95)77-44(13-5-7-21-65)58(90)72-33-53(69)85/h2-4,10-11,15-18,41,43-50H,5-9,12-14,19-38,65-66H2,1H3,(H16-,67,68,69,70,71,72,73,74,75,76,77,78,79,82,83,84,85,86,87,88,89,90,91,92,93,94,95)/p+1. The fourth-order valence-electron chi connectivity index (χ4n) is 11.3. The second kappa shape index (κ2) is 42.3. The van der Waals surface area contributed by atoms with Crippen molar-refractivity contribution in [2.24, 2.45) is 28.7 Å². The second-order valence-corrected chi connectivity index (χ2v) is 27.3. The molecule has 0 saturated carbocycles. The highest BCUT2D eigenvalue weighted by Gasteiger charge is 2.41. The van der Waals surface area contributed by atoms with Gasteiger partial charge in [0.05, 0.1) is 53.0 Å². The van der Waals surface area contributed by atoms with E-state index >= 15 is 4.79 Å². The predicted octanol–water partition coefficient (Wildman–Crippen LogP) is -5.49. The van der Waals surface area contributed by atoms with Crippen LogP contribution < -0.4 is 81.8 Å². The topological polar surface area (TPSA) is 522 Å². The number of primary amides is 3. The summed E-state index contributed by atoms with van der Waals surface area (Å²) in [6, 6.07) is 2.75. The highest BCUT2D eigenvalue weighted by Crippen LogP contribution is 2.27. The fourth-order valence-corrected chi connectivity index (χ4v) is 14.0. The molecule has 3 aliphatic heterocycles. The summed E-state index contributed by atoms with van der Waals surface area (Å²) in [5.74, 6) is -11.9. The third-order valence-electron chi connectivity index (χ3n) is 16.8. The van der Waals surface area contributed by atoms with Crippen LogP contribution in [-0.2, 0) is 84.7 Å². The van der Waals surface area contributed by atoms with Gasteiger partial charge in [0.1, 0.15) is 61.1 Å². The van der Waals surface area contributed by atoms with Gasteiger partial charge in [-0.1, -0.05) is 42.5 Å². The van der Waals surface area contributed by atoms with E-state index in [1.54, 1.807) is 30.3 Å². The van der Waals surface area contributed by atoms with Crippen molar-refractivity contribution in [3.8, 4) is 5.75 Å². The van der Waals surface area contributed by atoms with Crippen LogP contribution in [0.15, 0.2) is 54.6 Å². The first kappa shape index (κ1) is 81.0. The van der Waals surface area contributed by atoms with Gasteiger partial charge in [0.25, 0.3) is 0 Å². The summed E-state index contributed by atoms with van der Waals surface area (Å²) in [5, 5.41) is 35.8. The quantitative estimate of drug-likeness (QED) is 0.0256. The van der Waals surface area contributed by atoms with Crippen LogP contribution in [0.25, 0.3) is 0 Å². The molecule has 3 aliphatic rings. The molecule has 9 unspecified atom stereocenters. The summed E-state index contributed by atoms with van der Waals surface area (Å²) in [6.07, 6.45) is 0.698. The molecule has 0 aliphatic carbocycles. The maximum Gasteiger partial charge on any atom is 0.246 e. The Balaban J connectivity index is 1.61. The number of carbonyl (C=O) groups is 14. The minimum absolute atomic E-state index is 0.0343. The van der Waals surface area contributed by atoms with Gasteiger partial charge >= 0.3 is 0 Å². The number of hydrogen-bond donors (Lipinski definition) is 16. The van der Waals surface area contributed by atoms with Crippen LogP contribution >= 0.6 is 23.5 Å². The molecule has 3 saturated heterocycles. The summed E-state index contributed by atoms with van der Waals surface area (Å²) in [7, 11) is 2.15. The van der Waals surface area contributed by atoms with Gasteiger partial charge in [0.2, 0.25) is 82.7 Å². The molecule has 5 rings (SSSR count). The molecule has 546 valence electrons. The van der Waals surface area contributed by atoms with Crippen molar-refractivity contribution in [1.29, 1.82) is 0 Å². The number of phenols is 1. The number of rotatable bonds is 30. The number of nitrogens with zero attached hydrogens (tertiary/aromatic N) is 2. The predicted molar refractivity (Wildman–Crippen MR) is 366 cm³/mol. The molecule has 14 amide bonds. The normalized spacial score (nSPS) is 22.5. The van der Waals surface area contributed by atoms with Gasteiger partial charge in [0, 0.05) is 67.2 Å². The average molecular weight is 1430 g/mol. The van der Waals surface area contributed by atoms with Crippen molar-refractivity contribution < 1.29 is 81.4 Å². The number of morpholine rings is 1. The molecule has 3 fully saturated rings. The number of quaternary nitrogens is 1. The molecule has 2 aromatic rings. The molecule has 99 heavy (non-hydrogen) atoms. The summed E-state index contributed by atoms with van der Waals surface area (Å²) in [4.78, 5) is 193. The molecule has 21 N–H and O–H groups in total. The number of hydrogen-bond acceptors (Lipinski definition) is 20. The van der Waals surface area contributed by atoms with Crippen LogP contribution in [0.1, 0.15) is 88.2 Å². The molecule has 35 heteroatoms. The Morgan fingerprint density at radius 3 is 1.96 bits per heavy atom. The first-order chi connectivity index (χ1) is 47.2. The Labute approximate surface area is 583 Å². The largest absolute Gasteiger partial charge is 0.508 e. The van der Waals surface area contributed by atoms with Crippen molar-refractivity contribution in [2.45, 2.75) is 143 Å². The van der Waals surface area contributed by atoms with Gasteiger partial charge in [0.15, 0.2) is 0 Å². The van der Waals surface area contributed by atoms with Crippen molar-refractivity contribution in [1.82, 2.24) is 58.1 Å². The number of ether oxygens (including phenoxy) is 1. The zero-order valence-electron chi connectivity index (χ0n) is 55.9. The summed E-state index contributed by atoms with van der Waals surface area (Å²) < 4.78 is 6.40. The number of thioether (sulfide) groups is 2. The monoisotopic (exact) mass is 1420 g/mol. The van der Waals surface area contributed by atoms with Crippen molar-refractivity contribution in [3.05, 3.63) is 65.7 Å². The lowest BCUT2D eigenvalue weighted by Crippen LogP contribution is -2.60. The first-order valence-electron chi connectivity index (χ1n) is 33.1. The van der Waals surface area contributed by atoms with Gasteiger partial charge in [-0.25, -0.2) is 0 Å². The maximum atomic E-state index is 15.3. The van der Waals surface area contributed by atoms with E-state index in [0.717, 1.165) is 30.5 Å². The zero-order valence-corrected chi connectivity index (χ0v) is 57.5. The zero-order chi connectivity index (χ0) is 72.4. The highest BCUT2D eigenvalue weighted by atomic mass is 32.2. The maximum absolute atomic E-state index is 15.3. The molecule has 0 radical (unpaired) electrons. The number of carbonyl (C=O) groups excluding carboxylic acids is 14. The van der Waals surface area contributed by atoms with E-state index in [1.807, 2.05) is 0 Å². The van der Waals surface area contributed by atoms with Crippen LogP contribution in [-0.4, -0.2) is 247 Å². The van der Waals surface area contributed by atoms with Crippen molar-refractivity contribution in [2.75, 3.05) is 96.4 Å². The van der Waals surface area contributed by atoms with Gasteiger partial charge < -0.3 is 101 Å². The lowest BCUT2D eigenvalue weighted by molar-refractivity contribution is -0.917. The lowest BCUT2D eigenvalue weighted by atomic mass is 10.0. The number of phenolic OH excluding ortho intramolecular Hbond substituents is 1. The molecule has 2 aromatic carbocycles. The van der Waals surface area contributed by atoms with E-state index in [9.17, 15) is 67.4 Å². The Morgan fingerprint density at radius 1 is 0.677 bits per heavy atom. The van der Waals surface area contributed by atoms with E-state index in [0.29, 0.717) is 63.0 Å². The Morgan fingerprint density at radius 2 is 1.31 bits per heavy atom. The molecule has 0 aromatic heterocycles. The van der Waals surface area contributed by atoms with E-state index < -0.39 is 183 Å². The van der Waals surface area contributed by atoms with E-state index in [2.05, 4.69) is 60.2 Å². The minimum Gasteiger partial charge on any atom is -0.508 e. The minimum atomic E-state index is -1.64. The molecule has 33 nitrogen and oxygen atoms in total. The van der Waals surface area contributed by atoms with E-state index in [1.165, 1.54) is 52.7 Å². The van der Waals surface area contributed by atoms with Crippen LogP contribution in [0.2, 0.25) is 0 Å². The number of benzene rings is 2. The first-order valence-corrected chi connectivity index (χ1v) is 35.3. The van der Waals surface area contributed by atoms with Crippen molar-refractivity contribution in [3.63, 3.8) is 0 Å². The van der Waals surface area contributed by atoms with E-state index in [4.69, 9.17) is 33.4 Å². The number of likely N-dealkylation sites (N-methyl/N-ethyl adjacent to an activating group) is 1. The second-order valence-electron chi connectivity index (χ2n) is 24.9. The molecule has 9 atom stereocenters. The van der Waals surface area contributed by atoms with E-state index in [-0.39, 0.29) is 60.5 Å². The number of nitrogens with one attached hydrogen (secondary N) is 10. The smallest absolute Gasteiger partial charge is 0.246 e. The lowest BCUT2D eigenvalue weighted by Gasteiger charge is -2.37. The number of unbranched alkanes of at least 4 members (excludes halogenated alkanes) is 2. The molecule has 0 bridgehead atoms. The number of nitrogens with two attached hydrogens (primary N) is 5. The summed E-state index contributed by atoms with van der Waals surface area (Å²) in [5.41, 5.74) is 28.6. The number of amides is 14. The van der Waals surface area contributed by atoms with Crippen LogP contribution in [0, 0.1) is 0 Å². The van der Waals surface area contributed by atoms with Crippen LogP contribution in [0.3, 0.4) is 0 Å². The Hall–Kier alpha value is -8.64. The van der Waals surface area contributed by atoms with Gasteiger partial charge in [-0.3, -0.25) is 67.1 Å². The highest BCUT2D eigenvalue weighted by molar-refractivity contribution is 8.03. The molecular weight excluding hydrogens is 1330 g/mol. The van der Waals surface area contributed by atoms with Gasteiger partial charge in [-0.15, -0.1) is 0 Å². The number of likely N-dealkylation sites (tertiary alicyclic amines) is 1. The summed E-state index contributed by atoms with van der Waals surface area (Å²) in [6.45, 7) is 1.81. The summed E-state index contributed by atoms with van der Waals surface area (Å²) >= 11 is 2.51. The average Bonchev–Trinajstić information content (AvgIpc) is 1.78. The van der Waals surface area contributed by atoms with Crippen LogP contribution in [0.5, 0.6) is 5.75 Å². The molecular formula is C64H98N17O16S2+. The Bertz CT molecular complexity index is 3100. The SMILES string of the molecule is C[N+]1(CCCCC2CSCC(NC(=O)CNC(=O)CNC(=O)CN)C(=O)NC(Cc3ccc(O)cc3)C(=O)NC(Cc3ccccc3)C(=O)NC(CCC(N)=O)C(=O)NC(CC(N)=O)CC(=O)NC(C(=O)N3CCCC3C(=O)NC(CCCCN)C(=O)NCC(N)=O)CS2)CCOCC1. The van der Waals surface area contributed by atoms with Crippen molar-refractivity contribution >= 4 is 106 Å². The number of aromatic hydroxyl groups is 1. The third-order valence-corrected chi connectivity index (χ3v) is 19.6. The molecule has 3 heterocycles. The molecule has 0 spiro atoms.